The van der Waals surface area contributed by atoms with Gasteiger partial charge in [0.2, 0.25) is 0 Å². The van der Waals surface area contributed by atoms with Crippen LogP contribution in [-0.2, 0) is 15.6 Å². The van der Waals surface area contributed by atoms with Gasteiger partial charge in [0.1, 0.15) is 0 Å². The maximum Gasteiger partial charge on any atom is 0.255 e. The van der Waals surface area contributed by atoms with Gasteiger partial charge in [-0.2, -0.15) is 0 Å². The zero-order valence-electron chi connectivity index (χ0n) is 11.9. The second-order valence-electron chi connectivity index (χ2n) is 4.94. The molecule has 0 fully saturated rings. The first-order valence-corrected chi connectivity index (χ1v) is 8.45. The van der Waals surface area contributed by atoms with Crippen LogP contribution in [-0.4, -0.2) is 20.6 Å². The maximum absolute atomic E-state index is 13.5. The molecule has 122 valence electrons. The van der Waals surface area contributed by atoms with Crippen molar-refractivity contribution in [3.8, 4) is 0 Å². The summed E-state index contributed by atoms with van der Waals surface area (Å²) in [5.74, 6) is -5.43. The third kappa shape index (κ3) is 4.32. The minimum atomic E-state index is -3.20. The number of hydrogen-bond donors (Lipinski definition) is 1. The van der Waals surface area contributed by atoms with Gasteiger partial charge in [0.15, 0.2) is 27.3 Å². The Morgan fingerprint density at radius 2 is 1.61 bits per heavy atom. The number of sulfone groups is 1. The number of anilines is 1. The Morgan fingerprint density at radius 3 is 2.17 bits per heavy atom. The minimum absolute atomic E-state index is 0.117. The molecule has 0 unspecified atom stereocenters. The van der Waals surface area contributed by atoms with Crippen molar-refractivity contribution >= 4 is 21.4 Å². The first-order chi connectivity index (χ1) is 10.7. The lowest BCUT2D eigenvalue weighted by Gasteiger charge is -2.08. The van der Waals surface area contributed by atoms with Crippen LogP contribution in [0, 0.1) is 17.5 Å². The highest BCUT2D eigenvalue weighted by Gasteiger charge is 2.16. The molecule has 4 nitrogen and oxygen atoms in total. The van der Waals surface area contributed by atoms with Gasteiger partial charge in [0.25, 0.3) is 5.91 Å². The molecule has 0 spiro atoms. The van der Waals surface area contributed by atoms with E-state index in [0.29, 0.717) is 11.6 Å². The molecule has 1 N–H and O–H groups in total. The van der Waals surface area contributed by atoms with Gasteiger partial charge in [-0.3, -0.25) is 4.79 Å². The zero-order chi connectivity index (χ0) is 17.2. The van der Waals surface area contributed by atoms with Crippen molar-refractivity contribution in [2.75, 3.05) is 11.6 Å². The number of carbonyl (C=O) groups excluding carboxylic acids is 1. The average Bonchev–Trinajstić information content (AvgIpc) is 2.47. The number of hydrogen-bond acceptors (Lipinski definition) is 3. The van der Waals surface area contributed by atoms with Crippen LogP contribution in [0.2, 0.25) is 0 Å². The van der Waals surface area contributed by atoms with E-state index in [-0.39, 0.29) is 11.3 Å². The van der Waals surface area contributed by atoms with E-state index in [2.05, 4.69) is 5.32 Å². The number of rotatable bonds is 4. The van der Waals surface area contributed by atoms with E-state index in [9.17, 15) is 26.4 Å². The monoisotopic (exact) mass is 343 g/mol. The molecule has 8 heteroatoms. The largest absolute Gasteiger partial charge is 0.319 e. The van der Waals surface area contributed by atoms with Crippen molar-refractivity contribution in [3.63, 3.8) is 0 Å². The molecule has 0 aliphatic carbocycles. The summed E-state index contributed by atoms with van der Waals surface area (Å²) in [6.07, 6.45) is 1.08. The molecular weight excluding hydrogens is 331 g/mol. The predicted molar refractivity (Wildman–Crippen MR) is 79.3 cm³/mol. The third-order valence-corrected chi connectivity index (χ3v) is 3.79. The highest BCUT2D eigenvalue weighted by atomic mass is 32.2. The highest BCUT2D eigenvalue weighted by molar-refractivity contribution is 7.89. The summed E-state index contributed by atoms with van der Waals surface area (Å²) in [6.45, 7) is 0. The van der Waals surface area contributed by atoms with Gasteiger partial charge < -0.3 is 5.32 Å². The molecule has 0 saturated heterocycles. The van der Waals surface area contributed by atoms with Gasteiger partial charge in [0, 0.05) is 11.8 Å². The topological polar surface area (TPSA) is 63.2 Å². The molecule has 2 aromatic carbocycles. The van der Waals surface area contributed by atoms with Crippen LogP contribution >= 0.6 is 0 Å². The van der Waals surface area contributed by atoms with Crippen molar-refractivity contribution < 1.29 is 26.4 Å². The molecule has 0 aliphatic heterocycles. The first-order valence-electron chi connectivity index (χ1n) is 6.39. The number of nitrogens with one attached hydrogen (secondary N) is 1. The van der Waals surface area contributed by atoms with E-state index < -0.39 is 38.9 Å². The predicted octanol–water partition coefficient (Wildman–Crippen LogP) is 2.90. The van der Waals surface area contributed by atoms with Crippen LogP contribution in [0.3, 0.4) is 0 Å². The molecule has 2 rings (SSSR count). The molecule has 0 heterocycles. The zero-order valence-corrected chi connectivity index (χ0v) is 12.8. The van der Waals surface area contributed by atoms with Gasteiger partial charge >= 0.3 is 0 Å². The van der Waals surface area contributed by atoms with Crippen molar-refractivity contribution in [1.29, 1.82) is 0 Å². The SMILES string of the molecule is CS(=O)(=O)Cc1ccc(C(=O)Nc2ccc(F)c(F)c2F)cc1. The third-order valence-electron chi connectivity index (χ3n) is 2.93. The molecule has 0 bridgehead atoms. The van der Waals surface area contributed by atoms with E-state index in [0.717, 1.165) is 12.3 Å². The lowest BCUT2D eigenvalue weighted by atomic mass is 10.1. The van der Waals surface area contributed by atoms with E-state index in [1.165, 1.54) is 24.3 Å². The Hall–Kier alpha value is -2.35. The van der Waals surface area contributed by atoms with Crippen molar-refractivity contribution in [3.05, 3.63) is 65.0 Å². The van der Waals surface area contributed by atoms with Gasteiger partial charge in [-0.05, 0) is 29.8 Å². The number of amides is 1. The average molecular weight is 343 g/mol. The summed E-state index contributed by atoms with van der Waals surface area (Å²) in [6, 6.07) is 7.20. The summed E-state index contributed by atoms with van der Waals surface area (Å²) in [5, 5.41) is 2.12. The number of halogens is 3. The fourth-order valence-electron chi connectivity index (χ4n) is 1.87. The molecule has 0 saturated carbocycles. The second-order valence-corrected chi connectivity index (χ2v) is 7.08. The summed E-state index contributed by atoms with van der Waals surface area (Å²) in [5.41, 5.74) is 0.114. The molecule has 0 atom stereocenters. The summed E-state index contributed by atoms with van der Waals surface area (Å²) in [4.78, 5) is 11.9. The van der Waals surface area contributed by atoms with Gasteiger partial charge in [0.05, 0.1) is 11.4 Å². The second kappa shape index (κ2) is 6.41. The Bertz CT molecular complexity index is 849. The fraction of sp³-hybridized carbons (Fsp3) is 0.133. The summed E-state index contributed by atoms with van der Waals surface area (Å²) >= 11 is 0. The van der Waals surface area contributed by atoms with Crippen LogP contribution in [0.15, 0.2) is 36.4 Å². The molecule has 2 aromatic rings. The van der Waals surface area contributed by atoms with Gasteiger partial charge in [-0.25, -0.2) is 21.6 Å². The lowest BCUT2D eigenvalue weighted by Crippen LogP contribution is -2.14. The highest BCUT2D eigenvalue weighted by Crippen LogP contribution is 2.20. The molecule has 23 heavy (non-hydrogen) atoms. The van der Waals surface area contributed by atoms with Crippen molar-refractivity contribution in [2.45, 2.75) is 5.75 Å². The first kappa shape index (κ1) is 17.0. The maximum atomic E-state index is 13.5. The van der Waals surface area contributed by atoms with Crippen LogP contribution < -0.4 is 5.32 Å². The normalized spacial score (nSPS) is 11.3. The fourth-order valence-corrected chi connectivity index (χ4v) is 2.67. The van der Waals surface area contributed by atoms with Crippen LogP contribution in [0.5, 0.6) is 0 Å². The Labute approximate surface area is 130 Å². The minimum Gasteiger partial charge on any atom is -0.319 e. The molecule has 0 aliphatic rings. The molecule has 0 aromatic heterocycles. The molecule has 0 radical (unpaired) electrons. The van der Waals surface area contributed by atoms with Crippen molar-refractivity contribution in [1.82, 2.24) is 0 Å². The van der Waals surface area contributed by atoms with Crippen molar-refractivity contribution in [2.24, 2.45) is 0 Å². The lowest BCUT2D eigenvalue weighted by molar-refractivity contribution is 0.102. The number of benzene rings is 2. The van der Waals surface area contributed by atoms with Crippen LogP contribution in [0.1, 0.15) is 15.9 Å². The molecular formula is C15H12F3NO3S. The van der Waals surface area contributed by atoms with Crippen LogP contribution in [0.4, 0.5) is 18.9 Å². The van der Waals surface area contributed by atoms with Gasteiger partial charge in [-0.1, -0.05) is 12.1 Å². The Balaban J connectivity index is 2.17. The summed E-state index contributed by atoms with van der Waals surface area (Å²) in [7, 11) is -3.20. The Kier molecular flexibility index (Phi) is 4.74. The van der Waals surface area contributed by atoms with E-state index in [4.69, 9.17) is 0 Å². The summed E-state index contributed by atoms with van der Waals surface area (Å²) < 4.78 is 61.8. The Morgan fingerprint density at radius 1 is 1.00 bits per heavy atom. The quantitative estimate of drug-likeness (QED) is 0.868. The van der Waals surface area contributed by atoms with E-state index >= 15 is 0 Å². The van der Waals surface area contributed by atoms with E-state index in [1.807, 2.05) is 0 Å². The smallest absolute Gasteiger partial charge is 0.255 e. The molecule has 1 amide bonds. The number of carbonyl (C=O) groups is 1. The van der Waals surface area contributed by atoms with Gasteiger partial charge in [-0.15, -0.1) is 0 Å². The van der Waals surface area contributed by atoms with Crippen LogP contribution in [0.25, 0.3) is 0 Å². The standard InChI is InChI=1S/C15H12F3NO3S/c1-23(21,22)8-9-2-4-10(5-3-9)15(20)19-12-7-6-11(16)13(17)14(12)18/h2-7H,8H2,1H3,(H,19,20). The van der Waals surface area contributed by atoms with E-state index in [1.54, 1.807) is 0 Å².